The van der Waals surface area contributed by atoms with Crippen molar-refractivity contribution in [3.8, 4) is 0 Å². The SMILES string of the molecule is COC1CC(O)C(=O)N1C1OCC=C1C. The van der Waals surface area contributed by atoms with Crippen LogP contribution >= 0.6 is 0 Å². The molecular weight excluding hydrogens is 198 g/mol. The number of methoxy groups -OCH3 is 1. The summed E-state index contributed by atoms with van der Waals surface area (Å²) in [6, 6.07) is 0. The summed E-state index contributed by atoms with van der Waals surface area (Å²) < 4.78 is 10.6. The van der Waals surface area contributed by atoms with Crippen molar-refractivity contribution in [1.82, 2.24) is 4.90 Å². The van der Waals surface area contributed by atoms with Crippen LogP contribution in [0.2, 0.25) is 0 Å². The summed E-state index contributed by atoms with van der Waals surface area (Å²) in [7, 11) is 1.52. The first-order valence-corrected chi connectivity index (χ1v) is 4.96. The van der Waals surface area contributed by atoms with Crippen LogP contribution in [-0.2, 0) is 14.3 Å². The summed E-state index contributed by atoms with van der Waals surface area (Å²) in [6.45, 7) is 2.41. The molecule has 0 aromatic carbocycles. The van der Waals surface area contributed by atoms with E-state index in [9.17, 15) is 9.90 Å². The van der Waals surface area contributed by atoms with Crippen LogP contribution in [0.5, 0.6) is 0 Å². The number of aliphatic hydroxyl groups excluding tert-OH is 1. The van der Waals surface area contributed by atoms with Gasteiger partial charge in [-0.3, -0.25) is 9.69 Å². The number of hydrogen-bond donors (Lipinski definition) is 1. The van der Waals surface area contributed by atoms with E-state index in [4.69, 9.17) is 9.47 Å². The average Bonchev–Trinajstić information content (AvgIpc) is 2.73. The molecule has 2 heterocycles. The second-order valence-corrected chi connectivity index (χ2v) is 3.82. The van der Waals surface area contributed by atoms with E-state index < -0.39 is 6.10 Å². The highest BCUT2D eigenvalue weighted by Crippen LogP contribution is 2.28. The third-order valence-corrected chi connectivity index (χ3v) is 2.85. The molecule has 2 aliphatic heterocycles. The second kappa shape index (κ2) is 3.92. The number of rotatable bonds is 2. The molecule has 5 heteroatoms. The molecule has 1 N–H and O–H groups in total. The van der Waals surface area contributed by atoms with Crippen molar-refractivity contribution in [2.75, 3.05) is 13.7 Å². The highest BCUT2D eigenvalue weighted by atomic mass is 16.5. The van der Waals surface area contributed by atoms with Crippen LogP contribution < -0.4 is 0 Å². The minimum Gasteiger partial charge on any atom is -0.383 e. The maximum atomic E-state index is 11.7. The first-order valence-electron chi connectivity index (χ1n) is 4.96. The van der Waals surface area contributed by atoms with Crippen LogP contribution in [0, 0.1) is 0 Å². The van der Waals surface area contributed by atoms with Crippen molar-refractivity contribution in [2.24, 2.45) is 0 Å². The van der Waals surface area contributed by atoms with E-state index in [-0.39, 0.29) is 18.4 Å². The number of likely N-dealkylation sites (tertiary alicyclic amines) is 1. The van der Waals surface area contributed by atoms with E-state index in [0.29, 0.717) is 13.0 Å². The normalized spacial score (nSPS) is 36.2. The zero-order chi connectivity index (χ0) is 11.0. The van der Waals surface area contributed by atoms with Gasteiger partial charge in [-0.2, -0.15) is 0 Å². The van der Waals surface area contributed by atoms with Crippen LogP contribution in [0.4, 0.5) is 0 Å². The zero-order valence-electron chi connectivity index (χ0n) is 8.84. The van der Waals surface area contributed by atoms with Crippen molar-refractivity contribution in [2.45, 2.75) is 31.9 Å². The van der Waals surface area contributed by atoms with Gasteiger partial charge in [-0.1, -0.05) is 6.08 Å². The molecule has 15 heavy (non-hydrogen) atoms. The van der Waals surface area contributed by atoms with Gasteiger partial charge in [0.15, 0.2) is 6.23 Å². The van der Waals surface area contributed by atoms with Gasteiger partial charge in [-0.25, -0.2) is 0 Å². The van der Waals surface area contributed by atoms with Gasteiger partial charge in [0.1, 0.15) is 12.3 Å². The number of amides is 1. The summed E-state index contributed by atoms with van der Waals surface area (Å²) in [5.74, 6) is -0.318. The third-order valence-electron chi connectivity index (χ3n) is 2.85. The maximum absolute atomic E-state index is 11.7. The Bertz CT molecular complexity index is 302. The predicted molar refractivity (Wildman–Crippen MR) is 51.8 cm³/mol. The van der Waals surface area contributed by atoms with Crippen LogP contribution in [0.3, 0.4) is 0 Å². The summed E-state index contributed by atoms with van der Waals surface area (Å²) in [5, 5.41) is 9.47. The Morgan fingerprint density at radius 3 is 2.93 bits per heavy atom. The number of carbonyl (C=O) groups excluding carboxylic acids is 1. The summed E-state index contributed by atoms with van der Waals surface area (Å²) in [6.07, 6.45) is 0.503. The first-order chi connectivity index (χ1) is 7.15. The Labute approximate surface area is 88.3 Å². The molecule has 1 saturated heterocycles. The van der Waals surface area contributed by atoms with Crippen LogP contribution in [-0.4, -0.2) is 48.2 Å². The molecule has 0 spiro atoms. The van der Waals surface area contributed by atoms with Gasteiger partial charge in [0.05, 0.1) is 6.61 Å². The monoisotopic (exact) mass is 213 g/mol. The lowest BCUT2D eigenvalue weighted by atomic mass is 10.2. The van der Waals surface area contributed by atoms with Crippen molar-refractivity contribution in [1.29, 1.82) is 0 Å². The predicted octanol–water partition coefficient (Wildman–Crippen LogP) is -0.145. The Hall–Kier alpha value is -0.910. The summed E-state index contributed by atoms with van der Waals surface area (Å²) in [4.78, 5) is 13.2. The van der Waals surface area contributed by atoms with Crippen molar-refractivity contribution in [3.05, 3.63) is 11.6 Å². The Morgan fingerprint density at radius 2 is 2.40 bits per heavy atom. The van der Waals surface area contributed by atoms with Crippen molar-refractivity contribution in [3.63, 3.8) is 0 Å². The highest BCUT2D eigenvalue weighted by molar-refractivity contribution is 5.83. The van der Waals surface area contributed by atoms with E-state index >= 15 is 0 Å². The van der Waals surface area contributed by atoms with E-state index in [1.54, 1.807) is 0 Å². The second-order valence-electron chi connectivity index (χ2n) is 3.82. The Kier molecular flexibility index (Phi) is 2.77. The molecule has 1 amide bonds. The molecule has 0 radical (unpaired) electrons. The minimum atomic E-state index is -0.966. The van der Waals surface area contributed by atoms with Gasteiger partial charge in [-0.15, -0.1) is 0 Å². The molecule has 3 unspecified atom stereocenters. The molecule has 3 atom stereocenters. The maximum Gasteiger partial charge on any atom is 0.255 e. The fourth-order valence-electron chi connectivity index (χ4n) is 2.00. The molecule has 0 bridgehead atoms. The van der Waals surface area contributed by atoms with Gasteiger partial charge in [0, 0.05) is 13.5 Å². The van der Waals surface area contributed by atoms with Gasteiger partial charge in [-0.05, 0) is 12.5 Å². The molecule has 1 fully saturated rings. The Morgan fingerprint density at radius 1 is 1.67 bits per heavy atom. The smallest absolute Gasteiger partial charge is 0.255 e. The molecule has 0 aromatic rings. The number of aliphatic hydroxyl groups is 1. The van der Waals surface area contributed by atoms with Crippen molar-refractivity contribution >= 4 is 5.91 Å². The summed E-state index contributed by atoms with van der Waals surface area (Å²) >= 11 is 0. The van der Waals surface area contributed by atoms with Gasteiger partial charge in [0.2, 0.25) is 0 Å². The molecule has 2 rings (SSSR count). The largest absolute Gasteiger partial charge is 0.383 e. The van der Waals surface area contributed by atoms with Crippen LogP contribution in [0.1, 0.15) is 13.3 Å². The lowest BCUT2D eigenvalue weighted by Gasteiger charge is -2.29. The third kappa shape index (κ3) is 1.67. The average molecular weight is 213 g/mol. The number of nitrogens with zero attached hydrogens (tertiary/aromatic N) is 1. The lowest BCUT2D eigenvalue weighted by Crippen LogP contribution is -2.44. The minimum absolute atomic E-state index is 0.308. The topological polar surface area (TPSA) is 59.0 Å². The molecule has 2 aliphatic rings. The number of ether oxygens (including phenoxy) is 2. The van der Waals surface area contributed by atoms with Crippen LogP contribution in [0.15, 0.2) is 11.6 Å². The molecule has 5 nitrogen and oxygen atoms in total. The van der Waals surface area contributed by atoms with E-state index in [1.807, 2.05) is 13.0 Å². The van der Waals surface area contributed by atoms with E-state index in [2.05, 4.69) is 0 Å². The molecule has 0 aliphatic carbocycles. The standard InChI is InChI=1S/C10H15NO4/c1-6-3-4-15-10(6)11-8(14-2)5-7(12)9(11)13/h3,7-8,10,12H,4-5H2,1-2H3. The molecule has 84 valence electrons. The van der Waals surface area contributed by atoms with Gasteiger partial charge < -0.3 is 14.6 Å². The van der Waals surface area contributed by atoms with Crippen molar-refractivity contribution < 1.29 is 19.4 Å². The first kappa shape index (κ1) is 10.6. The molecule has 0 aromatic heterocycles. The Balaban J connectivity index is 2.19. The lowest BCUT2D eigenvalue weighted by molar-refractivity contribution is -0.154. The number of hydrogen-bond acceptors (Lipinski definition) is 4. The van der Waals surface area contributed by atoms with E-state index in [1.165, 1.54) is 12.0 Å². The fourth-order valence-corrected chi connectivity index (χ4v) is 2.00. The highest BCUT2D eigenvalue weighted by Gasteiger charge is 2.44. The summed E-state index contributed by atoms with van der Waals surface area (Å²) in [5.41, 5.74) is 0.986. The van der Waals surface area contributed by atoms with Gasteiger partial charge >= 0.3 is 0 Å². The van der Waals surface area contributed by atoms with E-state index in [0.717, 1.165) is 5.57 Å². The molecular formula is C10H15NO4. The zero-order valence-corrected chi connectivity index (χ0v) is 8.84. The van der Waals surface area contributed by atoms with Crippen LogP contribution in [0.25, 0.3) is 0 Å². The van der Waals surface area contributed by atoms with Gasteiger partial charge in [0.25, 0.3) is 5.91 Å². The molecule has 0 saturated carbocycles. The quantitative estimate of drug-likeness (QED) is 0.648. The number of carbonyl (C=O) groups is 1. The fraction of sp³-hybridized carbons (Fsp3) is 0.700.